The van der Waals surface area contributed by atoms with Gasteiger partial charge in [0.2, 0.25) is 5.58 Å². The van der Waals surface area contributed by atoms with Crippen LogP contribution in [-0.4, -0.2) is 33.4 Å². The molecule has 0 saturated heterocycles. The molecule has 0 radical (unpaired) electrons. The van der Waals surface area contributed by atoms with Gasteiger partial charge in [0.25, 0.3) is 11.5 Å². The van der Waals surface area contributed by atoms with Crippen LogP contribution in [0.15, 0.2) is 63.8 Å². The zero-order valence-corrected chi connectivity index (χ0v) is 23.2. The molecule has 0 aliphatic heterocycles. The number of aromatic nitrogens is 2. The number of nitrogens with two attached hydrogens (primary N) is 1. The summed E-state index contributed by atoms with van der Waals surface area (Å²) in [6.45, 7) is 6.38. The largest absolute Gasteiger partial charge is 0.448 e. The van der Waals surface area contributed by atoms with E-state index in [9.17, 15) is 19.2 Å². The number of furan rings is 1. The molecule has 5 rings (SSSR count). The van der Waals surface area contributed by atoms with Crippen molar-refractivity contribution in [2.24, 2.45) is 11.7 Å². The standard InChI is InChI=1S/C30H28FN5O3S/c1-17(2)26(35(13-12-32)29(37)19-6-4-18(3)5-7-19)28-34-25-23-14-20(31)8-11-24(23)39-27(25)30(38)36(28)16-22-10-9-21(15-33)40-22/h4-11,14,17,26H,12-13,16,32H2,1-3H3. The average molecular weight is 558 g/mol. The quantitative estimate of drug-likeness (QED) is 0.274. The summed E-state index contributed by atoms with van der Waals surface area (Å²) in [6, 6.07) is 16.3. The van der Waals surface area contributed by atoms with E-state index in [-0.39, 0.29) is 42.6 Å². The number of fused-ring (bicyclic) bond motifs is 3. The summed E-state index contributed by atoms with van der Waals surface area (Å²) in [5.41, 5.74) is 7.62. The van der Waals surface area contributed by atoms with Crippen molar-refractivity contribution >= 4 is 39.3 Å². The second-order valence-electron chi connectivity index (χ2n) is 10.0. The molecule has 3 heterocycles. The first kappa shape index (κ1) is 27.2. The SMILES string of the molecule is Cc1ccc(C(=O)N(CCN)C(c2nc3c(oc4ccc(F)cc43)c(=O)n2Cc2ccc(C#N)s2)C(C)C)cc1. The van der Waals surface area contributed by atoms with E-state index in [2.05, 4.69) is 6.07 Å². The summed E-state index contributed by atoms with van der Waals surface area (Å²) < 4.78 is 21.6. The number of benzene rings is 2. The second kappa shape index (κ2) is 11.0. The Bertz CT molecular complexity index is 1810. The molecule has 3 aromatic heterocycles. The van der Waals surface area contributed by atoms with E-state index in [1.54, 1.807) is 29.2 Å². The van der Waals surface area contributed by atoms with Crippen LogP contribution in [-0.2, 0) is 6.54 Å². The van der Waals surface area contributed by atoms with Crippen molar-refractivity contribution < 1.29 is 13.6 Å². The zero-order chi connectivity index (χ0) is 28.6. The van der Waals surface area contributed by atoms with Gasteiger partial charge >= 0.3 is 0 Å². The molecule has 5 aromatic rings. The number of rotatable bonds is 8. The van der Waals surface area contributed by atoms with Crippen LogP contribution in [0.25, 0.3) is 22.1 Å². The van der Waals surface area contributed by atoms with Gasteiger partial charge in [0.15, 0.2) is 0 Å². The van der Waals surface area contributed by atoms with Gasteiger partial charge in [-0.25, -0.2) is 9.37 Å². The third-order valence-electron chi connectivity index (χ3n) is 6.81. The van der Waals surface area contributed by atoms with Gasteiger partial charge in [-0.1, -0.05) is 31.5 Å². The highest BCUT2D eigenvalue weighted by Gasteiger charge is 2.33. The lowest BCUT2D eigenvalue weighted by Gasteiger charge is -2.35. The lowest BCUT2D eigenvalue weighted by Crippen LogP contribution is -2.43. The van der Waals surface area contributed by atoms with Crippen molar-refractivity contribution in [3.8, 4) is 6.07 Å². The number of thiophene rings is 1. The molecule has 0 fully saturated rings. The van der Waals surface area contributed by atoms with E-state index >= 15 is 0 Å². The Labute approximate surface area is 234 Å². The summed E-state index contributed by atoms with van der Waals surface area (Å²) in [4.78, 5) is 35.7. The molecule has 0 bridgehead atoms. The number of aryl methyl sites for hydroxylation is 1. The highest BCUT2D eigenvalue weighted by Crippen LogP contribution is 2.33. The smallest absolute Gasteiger partial charge is 0.297 e. The van der Waals surface area contributed by atoms with Crippen LogP contribution in [0, 0.1) is 30.0 Å². The van der Waals surface area contributed by atoms with Crippen LogP contribution in [0.5, 0.6) is 0 Å². The lowest BCUT2D eigenvalue weighted by atomic mass is 9.99. The lowest BCUT2D eigenvalue weighted by molar-refractivity contribution is 0.0612. The van der Waals surface area contributed by atoms with E-state index in [4.69, 9.17) is 15.1 Å². The maximum absolute atomic E-state index is 14.2. The molecule has 1 amide bonds. The minimum absolute atomic E-state index is 0.000783. The topological polar surface area (TPSA) is 118 Å². The van der Waals surface area contributed by atoms with Crippen LogP contribution in [0.3, 0.4) is 0 Å². The first-order chi connectivity index (χ1) is 19.2. The summed E-state index contributed by atoms with van der Waals surface area (Å²) in [7, 11) is 0. The zero-order valence-electron chi connectivity index (χ0n) is 22.3. The fraction of sp³-hybridized carbons (Fsp3) is 0.267. The Morgan fingerprint density at radius 2 is 1.95 bits per heavy atom. The van der Waals surface area contributed by atoms with Gasteiger partial charge in [0, 0.05) is 28.9 Å². The van der Waals surface area contributed by atoms with Gasteiger partial charge < -0.3 is 15.1 Å². The Hall–Kier alpha value is -4.33. The van der Waals surface area contributed by atoms with Crippen molar-refractivity contribution in [2.45, 2.75) is 33.4 Å². The molecule has 40 heavy (non-hydrogen) atoms. The number of nitriles is 1. The Morgan fingerprint density at radius 1 is 1.20 bits per heavy atom. The van der Waals surface area contributed by atoms with Crippen LogP contribution in [0.2, 0.25) is 0 Å². The molecule has 0 aliphatic carbocycles. The number of hydrogen-bond acceptors (Lipinski definition) is 7. The van der Waals surface area contributed by atoms with E-state index in [1.807, 2.05) is 32.9 Å². The molecule has 1 unspecified atom stereocenters. The Morgan fingerprint density at radius 3 is 2.60 bits per heavy atom. The van der Waals surface area contributed by atoms with Crippen molar-refractivity contribution in [3.05, 3.63) is 97.5 Å². The van der Waals surface area contributed by atoms with Crippen molar-refractivity contribution in [1.82, 2.24) is 14.5 Å². The second-order valence-corrected chi connectivity index (χ2v) is 11.2. The van der Waals surface area contributed by atoms with Crippen molar-refractivity contribution in [1.29, 1.82) is 5.26 Å². The molecule has 1 atom stereocenters. The highest BCUT2D eigenvalue weighted by molar-refractivity contribution is 7.12. The number of hydrogen-bond donors (Lipinski definition) is 1. The molecular weight excluding hydrogens is 529 g/mol. The maximum atomic E-state index is 14.2. The highest BCUT2D eigenvalue weighted by atomic mass is 32.1. The molecular formula is C30H28FN5O3S. The summed E-state index contributed by atoms with van der Waals surface area (Å²) in [5.74, 6) is -0.564. The summed E-state index contributed by atoms with van der Waals surface area (Å²) in [5, 5.41) is 9.70. The van der Waals surface area contributed by atoms with Crippen LogP contribution in [0.1, 0.15) is 51.4 Å². The number of amides is 1. The van der Waals surface area contributed by atoms with Gasteiger partial charge in [-0.3, -0.25) is 14.2 Å². The number of carbonyl (C=O) groups is 1. The van der Waals surface area contributed by atoms with Gasteiger partial charge in [-0.05, 0) is 55.3 Å². The molecule has 2 aromatic carbocycles. The predicted octanol–water partition coefficient (Wildman–Crippen LogP) is 5.37. The Balaban J connectivity index is 1.76. The van der Waals surface area contributed by atoms with E-state index in [1.165, 1.54) is 34.1 Å². The molecule has 2 N–H and O–H groups in total. The summed E-state index contributed by atoms with van der Waals surface area (Å²) >= 11 is 1.27. The fourth-order valence-electron chi connectivity index (χ4n) is 4.94. The van der Waals surface area contributed by atoms with Gasteiger partial charge in [-0.2, -0.15) is 5.26 Å². The van der Waals surface area contributed by atoms with E-state index in [0.29, 0.717) is 27.2 Å². The fourth-order valence-corrected chi connectivity index (χ4v) is 5.73. The van der Waals surface area contributed by atoms with E-state index < -0.39 is 17.4 Å². The third kappa shape index (κ3) is 5.01. The van der Waals surface area contributed by atoms with Gasteiger partial charge in [0.1, 0.15) is 33.7 Å². The van der Waals surface area contributed by atoms with Crippen LogP contribution >= 0.6 is 11.3 Å². The molecule has 8 nitrogen and oxygen atoms in total. The molecule has 10 heteroatoms. The predicted molar refractivity (Wildman–Crippen MR) is 153 cm³/mol. The third-order valence-corrected chi connectivity index (χ3v) is 7.79. The van der Waals surface area contributed by atoms with E-state index in [0.717, 1.165) is 10.4 Å². The van der Waals surface area contributed by atoms with Crippen LogP contribution in [0.4, 0.5) is 4.39 Å². The maximum Gasteiger partial charge on any atom is 0.297 e. The average Bonchev–Trinajstić information content (AvgIpc) is 3.54. The summed E-state index contributed by atoms with van der Waals surface area (Å²) in [6.07, 6.45) is 0. The van der Waals surface area contributed by atoms with Gasteiger partial charge in [-0.15, -0.1) is 11.3 Å². The monoisotopic (exact) mass is 557 g/mol. The normalized spacial score (nSPS) is 12.2. The first-order valence-corrected chi connectivity index (χ1v) is 13.7. The minimum Gasteiger partial charge on any atom is -0.448 e. The first-order valence-electron chi connectivity index (χ1n) is 12.9. The molecule has 0 spiro atoms. The number of halogens is 1. The number of carbonyl (C=O) groups excluding carboxylic acids is 1. The Kier molecular flexibility index (Phi) is 7.52. The van der Waals surface area contributed by atoms with Gasteiger partial charge in [0.05, 0.1) is 12.6 Å². The van der Waals surface area contributed by atoms with Crippen molar-refractivity contribution in [2.75, 3.05) is 13.1 Å². The van der Waals surface area contributed by atoms with Crippen LogP contribution < -0.4 is 11.3 Å². The molecule has 0 saturated carbocycles. The molecule has 0 aliphatic rings. The minimum atomic E-state index is -0.650. The molecule has 204 valence electrons. The number of nitrogens with zero attached hydrogens (tertiary/aromatic N) is 4. The van der Waals surface area contributed by atoms with Crippen molar-refractivity contribution in [3.63, 3.8) is 0 Å².